The SMILES string of the molecule is Cn1c(=O)c2c(c3cc4c5c(c31)CCCC=5[NH2+]CC4)Oc1c(cc3c4c1CCCN4CCC3)C=2. The first-order valence-corrected chi connectivity index (χ1v) is 13.1. The molecule has 1 aliphatic carbocycles. The Morgan fingerprint density at radius 2 is 1.76 bits per heavy atom. The third kappa shape index (κ3) is 2.41. The van der Waals surface area contributed by atoms with Crippen LogP contribution in [-0.2, 0) is 32.7 Å². The molecule has 0 atom stereocenters. The lowest BCUT2D eigenvalue weighted by atomic mass is 9.86. The predicted octanol–water partition coefficient (Wildman–Crippen LogP) is 1.74. The van der Waals surface area contributed by atoms with E-state index in [4.69, 9.17) is 4.74 Å². The molecule has 0 spiro atoms. The summed E-state index contributed by atoms with van der Waals surface area (Å²) in [6, 6.07) is 4.64. The molecule has 34 heavy (non-hydrogen) atoms. The molecule has 5 heterocycles. The van der Waals surface area contributed by atoms with Gasteiger partial charge in [0, 0.05) is 60.4 Å². The van der Waals surface area contributed by atoms with Crippen LogP contribution < -0.4 is 31.0 Å². The number of hydrogen-bond donors (Lipinski definition) is 1. The molecule has 5 nitrogen and oxygen atoms in total. The van der Waals surface area contributed by atoms with Gasteiger partial charge >= 0.3 is 0 Å². The molecule has 3 aromatic rings. The monoisotopic (exact) mass is 452 g/mol. The summed E-state index contributed by atoms with van der Waals surface area (Å²) in [5.41, 5.74) is 10.7. The van der Waals surface area contributed by atoms with Gasteiger partial charge in [-0.2, -0.15) is 0 Å². The molecule has 0 bridgehead atoms. The van der Waals surface area contributed by atoms with Gasteiger partial charge < -0.3 is 19.5 Å². The largest absolute Gasteiger partial charge is 0.455 e. The van der Waals surface area contributed by atoms with Crippen molar-refractivity contribution in [1.29, 1.82) is 0 Å². The van der Waals surface area contributed by atoms with Crippen LogP contribution in [0.2, 0.25) is 0 Å². The van der Waals surface area contributed by atoms with Crippen molar-refractivity contribution in [2.24, 2.45) is 7.05 Å². The van der Waals surface area contributed by atoms with Crippen LogP contribution in [0.5, 0.6) is 11.5 Å². The van der Waals surface area contributed by atoms with Crippen LogP contribution in [0.15, 0.2) is 16.9 Å². The highest BCUT2D eigenvalue weighted by Crippen LogP contribution is 2.45. The number of rotatable bonds is 0. The van der Waals surface area contributed by atoms with E-state index >= 15 is 0 Å². The lowest BCUT2D eigenvalue weighted by molar-refractivity contribution is -0.569. The zero-order chi connectivity index (χ0) is 22.6. The number of quaternary nitrogens is 1. The second-order valence-electron chi connectivity index (χ2n) is 10.7. The molecule has 0 fully saturated rings. The maximum absolute atomic E-state index is 13.7. The van der Waals surface area contributed by atoms with Gasteiger partial charge in [-0.3, -0.25) is 4.79 Å². The van der Waals surface area contributed by atoms with Crippen LogP contribution in [0.1, 0.15) is 53.5 Å². The Morgan fingerprint density at radius 1 is 0.912 bits per heavy atom. The van der Waals surface area contributed by atoms with Crippen molar-refractivity contribution in [2.45, 2.75) is 51.4 Å². The Morgan fingerprint density at radius 3 is 2.68 bits per heavy atom. The number of nitrogens with zero attached hydrogens (tertiary/aromatic N) is 2. The molecule has 0 amide bonds. The first-order chi connectivity index (χ1) is 16.7. The van der Waals surface area contributed by atoms with Crippen molar-refractivity contribution in [3.63, 3.8) is 0 Å². The van der Waals surface area contributed by atoms with Crippen LogP contribution in [-0.4, -0.2) is 24.2 Å². The lowest BCUT2D eigenvalue weighted by Crippen LogP contribution is -2.85. The van der Waals surface area contributed by atoms with Gasteiger partial charge in [-0.1, -0.05) is 0 Å². The van der Waals surface area contributed by atoms with Gasteiger partial charge in [-0.15, -0.1) is 0 Å². The number of nitrogens with two attached hydrogens (primary N) is 1. The van der Waals surface area contributed by atoms with Crippen LogP contribution in [0, 0.1) is 0 Å². The van der Waals surface area contributed by atoms with Gasteiger partial charge in [0.15, 0.2) is 0 Å². The quantitative estimate of drug-likeness (QED) is 0.442. The Kier molecular flexibility index (Phi) is 3.83. The van der Waals surface area contributed by atoms with E-state index in [0.29, 0.717) is 5.22 Å². The molecule has 0 radical (unpaired) electrons. The van der Waals surface area contributed by atoms with E-state index in [1.807, 2.05) is 11.6 Å². The third-order valence-electron chi connectivity index (χ3n) is 8.85. The Balaban J connectivity index is 1.48. The van der Waals surface area contributed by atoms with E-state index in [-0.39, 0.29) is 5.56 Å². The summed E-state index contributed by atoms with van der Waals surface area (Å²) in [7, 11) is 1.95. The minimum atomic E-state index is 0.0595. The Labute approximate surface area is 198 Å². The molecule has 5 heteroatoms. The van der Waals surface area contributed by atoms with Crippen LogP contribution >= 0.6 is 0 Å². The summed E-state index contributed by atoms with van der Waals surface area (Å²) in [6.45, 7) is 3.41. The fourth-order valence-corrected chi connectivity index (χ4v) is 7.48. The molecule has 0 unspecified atom stereocenters. The summed E-state index contributed by atoms with van der Waals surface area (Å²) in [5.74, 6) is 1.79. The molecule has 5 aliphatic rings. The average molecular weight is 453 g/mol. The van der Waals surface area contributed by atoms with Crippen LogP contribution in [0.25, 0.3) is 22.7 Å². The second-order valence-corrected chi connectivity index (χ2v) is 10.7. The molecule has 2 N–H and O–H groups in total. The van der Waals surface area contributed by atoms with Crippen LogP contribution in [0.4, 0.5) is 5.69 Å². The summed E-state index contributed by atoms with van der Waals surface area (Å²) >= 11 is 0. The first kappa shape index (κ1) is 19.3. The molecule has 0 saturated heterocycles. The number of aromatic nitrogens is 1. The highest BCUT2D eigenvalue weighted by Gasteiger charge is 2.32. The fourth-order valence-electron chi connectivity index (χ4n) is 7.48. The molecular formula is C29H30N3O2+. The minimum Gasteiger partial charge on any atom is -0.455 e. The molecule has 4 aliphatic heterocycles. The predicted molar refractivity (Wildman–Crippen MR) is 134 cm³/mol. The topological polar surface area (TPSA) is 51.1 Å². The number of pyridine rings is 1. The van der Waals surface area contributed by atoms with E-state index in [1.54, 1.807) is 0 Å². The van der Waals surface area contributed by atoms with Crippen molar-refractivity contribution in [3.8, 4) is 11.5 Å². The van der Waals surface area contributed by atoms with Crippen molar-refractivity contribution in [1.82, 2.24) is 4.57 Å². The molecule has 8 rings (SSSR count). The highest BCUT2D eigenvalue weighted by atomic mass is 16.5. The number of hydrogen-bond acceptors (Lipinski definition) is 3. The fraction of sp³-hybridized carbons (Fsp3) is 0.414. The number of fused-ring (bicyclic) bond motifs is 6. The van der Waals surface area contributed by atoms with Crippen molar-refractivity contribution in [2.75, 3.05) is 24.5 Å². The average Bonchev–Trinajstić information content (AvgIpc) is 2.87. The van der Waals surface area contributed by atoms with E-state index in [2.05, 4.69) is 28.4 Å². The highest BCUT2D eigenvalue weighted by molar-refractivity contribution is 5.92. The summed E-state index contributed by atoms with van der Waals surface area (Å²) < 4.78 is 8.75. The first-order valence-electron chi connectivity index (χ1n) is 13.1. The van der Waals surface area contributed by atoms with Crippen LogP contribution in [0.3, 0.4) is 0 Å². The van der Waals surface area contributed by atoms with Gasteiger partial charge in [-0.05, 0) is 73.4 Å². The number of anilines is 1. The zero-order valence-electron chi connectivity index (χ0n) is 19.8. The maximum atomic E-state index is 13.7. The van der Waals surface area contributed by atoms with E-state index in [9.17, 15) is 4.79 Å². The Hall–Kier alpha value is -3.05. The van der Waals surface area contributed by atoms with Crippen molar-refractivity contribution < 1.29 is 10.1 Å². The van der Waals surface area contributed by atoms with Gasteiger partial charge in [0.2, 0.25) is 0 Å². The lowest BCUT2D eigenvalue weighted by Gasteiger charge is -2.38. The molecule has 1 aromatic heterocycles. The minimum absolute atomic E-state index is 0.0595. The molecule has 172 valence electrons. The van der Waals surface area contributed by atoms with Gasteiger partial charge in [0.25, 0.3) is 5.56 Å². The maximum Gasteiger partial charge on any atom is 0.261 e. The Bertz CT molecular complexity index is 1620. The molecule has 2 aromatic carbocycles. The van der Waals surface area contributed by atoms with Gasteiger partial charge in [0.05, 0.1) is 17.3 Å². The summed E-state index contributed by atoms with van der Waals surface area (Å²) in [4.78, 5) is 16.3. The smallest absolute Gasteiger partial charge is 0.261 e. The normalized spacial score (nSPS) is 19.6. The van der Waals surface area contributed by atoms with Gasteiger partial charge in [0.1, 0.15) is 17.2 Å². The summed E-state index contributed by atoms with van der Waals surface area (Å²) in [5, 5.41) is 5.69. The third-order valence-corrected chi connectivity index (χ3v) is 8.85. The number of benzene rings is 2. The standard InChI is InChI=1S/C29H29N3O2/c1-31-26-19-6-2-8-23-24(19)16(9-10-30-23)14-21(26)28-22(29(31)33)15-18-13-17-5-3-11-32-12-4-7-20(25(17)32)27(18)34-28/h13-15,30H,2-12H2,1H3/p+1. The van der Waals surface area contributed by atoms with Crippen molar-refractivity contribution in [3.05, 3.63) is 60.7 Å². The van der Waals surface area contributed by atoms with Gasteiger partial charge in [-0.25, -0.2) is 0 Å². The van der Waals surface area contributed by atoms with Crippen molar-refractivity contribution >= 4 is 28.4 Å². The second kappa shape index (κ2) is 6.76. The van der Waals surface area contributed by atoms with E-state index in [1.165, 1.54) is 51.7 Å². The zero-order valence-corrected chi connectivity index (χ0v) is 19.8. The molecule has 0 saturated carbocycles. The number of ether oxygens (including phenoxy) is 1. The number of aryl methyl sites for hydroxylation is 3. The molecular weight excluding hydrogens is 422 g/mol. The van der Waals surface area contributed by atoms with E-state index < -0.39 is 0 Å². The summed E-state index contributed by atoms with van der Waals surface area (Å²) in [6.07, 6.45) is 11.1. The van der Waals surface area contributed by atoms with E-state index in [0.717, 1.165) is 86.1 Å².